The molecule has 0 aliphatic carbocycles. The molecule has 0 N–H and O–H groups in total. The monoisotopic (exact) mass is 412 g/mol. The zero-order chi connectivity index (χ0) is 21.5. The Kier molecular flexibility index (Phi) is 8.20. The zero-order valence-corrected chi connectivity index (χ0v) is 16.4. The molecule has 0 fully saturated rings. The number of rotatable bonds is 8. The number of Topliss-reactive ketones (excluding diaryl/α,β-unsaturated/α-hetero) is 1. The summed E-state index contributed by atoms with van der Waals surface area (Å²) in [6, 6.07) is 0. The number of halogens is 4. The second-order valence-corrected chi connectivity index (χ2v) is 7.11. The van der Waals surface area contributed by atoms with E-state index in [4.69, 9.17) is 12.8 Å². The third-order valence-corrected chi connectivity index (χ3v) is 4.96. The van der Waals surface area contributed by atoms with Gasteiger partial charge in [0.25, 0.3) is 0 Å². The fraction of sp³-hybridized carbons (Fsp3) is 0.381. The molecule has 0 unspecified atom stereocenters. The van der Waals surface area contributed by atoms with Crippen LogP contribution in [0.5, 0.6) is 0 Å². The van der Waals surface area contributed by atoms with Gasteiger partial charge in [-0.2, -0.15) is 17.6 Å². The molecule has 0 aromatic heterocycles. The van der Waals surface area contributed by atoms with Gasteiger partial charge >= 0.3 is 11.4 Å². The number of ketones is 1. The summed E-state index contributed by atoms with van der Waals surface area (Å²) >= 11 is -0.373. The molecule has 1 rings (SSSR count). The SMILES string of the molecule is C#C/C=C(\CC)C(=C)CCC(=O)/C(C)=C/C1=C(CC#C)OC(F)(F)C(F)(F)S1. The number of alkyl halides is 4. The molecule has 150 valence electrons. The second kappa shape index (κ2) is 9.71. The lowest BCUT2D eigenvalue weighted by atomic mass is 9.97. The molecule has 0 saturated heterocycles. The average Bonchev–Trinajstić information content (AvgIpc) is 2.61. The molecule has 0 aromatic rings. The van der Waals surface area contributed by atoms with Crippen LogP contribution in [-0.4, -0.2) is 17.1 Å². The van der Waals surface area contributed by atoms with Crippen LogP contribution in [0.4, 0.5) is 17.6 Å². The lowest BCUT2D eigenvalue weighted by molar-refractivity contribution is -0.299. The van der Waals surface area contributed by atoms with Crippen molar-refractivity contribution in [1.82, 2.24) is 0 Å². The van der Waals surface area contributed by atoms with E-state index in [1.807, 2.05) is 6.92 Å². The van der Waals surface area contributed by atoms with E-state index in [1.165, 1.54) is 6.92 Å². The van der Waals surface area contributed by atoms with E-state index in [1.54, 1.807) is 6.08 Å². The summed E-state index contributed by atoms with van der Waals surface area (Å²) in [7, 11) is 0. The van der Waals surface area contributed by atoms with E-state index in [2.05, 4.69) is 23.2 Å². The summed E-state index contributed by atoms with van der Waals surface area (Å²) in [6.45, 7) is 7.20. The van der Waals surface area contributed by atoms with Crippen LogP contribution in [0.1, 0.15) is 39.5 Å². The van der Waals surface area contributed by atoms with Crippen molar-refractivity contribution in [2.45, 2.75) is 50.9 Å². The Balaban J connectivity index is 3.00. The van der Waals surface area contributed by atoms with Crippen LogP contribution in [0, 0.1) is 24.7 Å². The topological polar surface area (TPSA) is 26.3 Å². The molecule has 0 saturated carbocycles. The average molecular weight is 412 g/mol. The summed E-state index contributed by atoms with van der Waals surface area (Å²) < 4.78 is 58.1. The molecular formula is C21H20F4O2S. The fourth-order valence-electron chi connectivity index (χ4n) is 2.30. The van der Waals surface area contributed by atoms with Crippen LogP contribution >= 0.6 is 11.8 Å². The first kappa shape index (κ1) is 23.7. The zero-order valence-electron chi connectivity index (χ0n) is 15.6. The molecular weight excluding hydrogens is 392 g/mol. The molecule has 28 heavy (non-hydrogen) atoms. The highest BCUT2D eigenvalue weighted by atomic mass is 32.2. The maximum atomic E-state index is 13.6. The number of ether oxygens (including phenoxy) is 1. The van der Waals surface area contributed by atoms with Crippen molar-refractivity contribution >= 4 is 17.5 Å². The Morgan fingerprint density at radius 2 is 1.93 bits per heavy atom. The van der Waals surface area contributed by atoms with E-state index in [0.717, 1.165) is 11.6 Å². The van der Waals surface area contributed by atoms with Gasteiger partial charge in [-0.25, -0.2) is 0 Å². The minimum absolute atomic E-state index is 0.0684. The number of allylic oxidation sites excluding steroid dienone is 6. The Labute approximate surface area is 166 Å². The van der Waals surface area contributed by atoms with Gasteiger partial charge in [-0.1, -0.05) is 30.9 Å². The minimum Gasteiger partial charge on any atom is -0.430 e. The van der Waals surface area contributed by atoms with Crippen molar-refractivity contribution in [3.8, 4) is 24.7 Å². The third kappa shape index (κ3) is 5.81. The van der Waals surface area contributed by atoms with E-state index in [-0.39, 0.29) is 34.4 Å². The standard InChI is InChI=1S/C21H20F4O2S/c1-6-9-16(8-3)14(4)11-12-17(26)15(5)13-19-18(10-7-2)27-20(22,23)21(24,25)28-19/h1-2,9,13H,4,8,10-12H2,3,5H3/b15-13+,16-9+. The summed E-state index contributed by atoms with van der Waals surface area (Å²) in [5.74, 6) is 3.68. The number of terminal acetylenes is 2. The molecule has 7 heteroatoms. The normalized spacial score (nSPS) is 18.7. The van der Waals surface area contributed by atoms with Crippen LogP contribution in [0.25, 0.3) is 0 Å². The Hall–Kier alpha value is -2.38. The molecule has 0 radical (unpaired) electrons. The number of carbonyl (C=O) groups is 1. The Bertz CT molecular complexity index is 820. The maximum absolute atomic E-state index is 13.6. The van der Waals surface area contributed by atoms with Crippen molar-refractivity contribution in [2.24, 2.45) is 0 Å². The van der Waals surface area contributed by atoms with Crippen molar-refractivity contribution in [3.05, 3.63) is 46.1 Å². The van der Waals surface area contributed by atoms with Gasteiger partial charge in [0.05, 0.1) is 11.3 Å². The number of carbonyl (C=O) groups excluding carboxylic acids is 1. The molecule has 0 spiro atoms. The van der Waals surface area contributed by atoms with Gasteiger partial charge in [-0.05, 0) is 54.8 Å². The van der Waals surface area contributed by atoms with E-state index >= 15 is 0 Å². The van der Waals surface area contributed by atoms with Gasteiger partial charge < -0.3 is 4.74 Å². The highest BCUT2D eigenvalue weighted by Crippen LogP contribution is 2.53. The number of thioether (sulfide) groups is 1. The number of hydrogen-bond donors (Lipinski definition) is 0. The summed E-state index contributed by atoms with van der Waals surface area (Å²) in [4.78, 5) is 12.0. The van der Waals surface area contributed by atoms with Crippen molar-refractivity contribution in [2.75, 3.05) is 0 Å². The first-order valence-electron chi connectivity index (χ1n) is 8.34. The maximum Gasteiger partial charge on any atom is 0.475 e. The first-order chi connectivity index (χ1) is 13.0. The third-order valence-electron chi connectivity index (χ3n) is 3.90. The quantitative estimate of drug-likeness (QED) is 0.212. The van der Waals surface area contributed by atoms with Crippen LogP contribution in [0.15, 0.2) is 46.1 Å². The molecule has 0 aromatic carbocycles. The number of hydrogen-bond acceptors (Lipinski definition) is 3. The van der Waals surface area contributed by atoms with Gasteiger partial charge in [-0.15, -0.1) is 12.8 Å². The highest BCUT2D eigenvalue weighted by Gasteiger charge is 2.63. The molecule has 0 atom stereocenters. The predicted molar refractivity (Wildman–Crippen MR) is 103 cm³/mol. The van der Waals surface area contributed by atoms with Crippen molar-refractivity contribution in [1.29, 1.82) is 0 Å². The molecule has 1 aliphatic heterocycles. The van der Waals surface area contributed by atoms with E-state index in [0.29, 0.717) is 18.4 Å². The van der Waals surface area contributed by atoms with Crippen LogP contribution in [0.3, 0.4) is 0 Å². The van der Waals surface area contributed by atoms with Gasteiger partial charge in [0.2, 0.25) is 0 Å². The van der Waals surface area contributed by atoms with Crippen LogP contribution < -0.4 is 0 Å². The van der Waals surface area contributed by atoms with Gasteiger partial charge in [0, 0.05) is 6.42 Å². The van der Waals surface area contributed by atoms with Gasteiger partial charge in [-0.3, -0.25) is 4.79 Å². The van der Waals surface area contributed by atoms with Crippen molar-refractivity contribution < 1.29 is 27.1 Å². The Morgan fingerprint density at radius 1 is 1.29 bits per heavy atom. The first-order valence-corrected chi connectivity index (χ1v) is 9.15. The van der Waals surface area contributed by atoms with E-state index in [9.17, 15) is 22.4 Å². The van der Waals surface area contributed by atoms with Crippen LogP contribution in [-0.2, 0) is 9.53 Å². The second-order valence-electron chi connectivity index (χ2n) is 5.95. The van der Waals surface area contributed by atoms with Crippen molar-refractivity contribution in [3.63, 3.8) is 0 Å². The summed E-state index contributed by atoms with van der Waals surface area (Å²) in [5, 5.41) is -4.48. The molecule has 0 bridgehead atoms. The predicted octanol–water partition coefficient (Wildman–Crippen LogP) is 5.99. The lowest BCUT2D eigenvalue weighted by Gasteiger charge is -2.32. The largest absolute Gasteiger partial charge is 0.475 e. The van der Waals surface area contributed by atoms with Gasteiger partial charge in [0.1, 0.15) is 5.76 Å². The molecule has 1 heterocycles. The smallest absolute Gasteiger partial charge is 0.430 e. The minimum atomic E-state index is -4.68. The fourth-order valence-corrected chi connectivity index (χ4v) is 3.20. The molecule has 0 amide bonds. The summed E-state index contributed by atoms with van der Waals surface area (Å²) in [5.41, 5.74) is 1.66. The molecule has 2 nitrogen and oxygen atoms in total. The highest BCUT2D eigenvalue weighted by molar-refractivity contribution is 8.04. The summed E-state index contributed by atoms with van der Waals surface area (Å²) in [6.07, 6.45) is 8.98. The lowest BCUT2D eigenvalue weighted by Crippen LogP contribution is -2.42. The van der Waals surface area contributed by atoms with E-state index < -0.39 is 23.5 Å². The Morgan fingerprint density at radius 3 is 2.46 bits per heavy atom. The molecule has 1 aliphatic rings. The van der Waals surface area contributed by atoms with Gasteiger partial charge in [0.15, 0.2) is 5.78 Å². The van der Waals surface area contributed by atoms with Crippen LogP contribution in [0.2, 0.25) is 0 Å².